The second-order valence-electron chi connectivity index (χ2n) is 7.96. The normalized spacial score (nSPS) is 10.9. The lowest BCUT2D eigenvalue weighted by atomic mass is 10.0. The largest absolute Gasteiger partial charge is 0.465 e. The zero-order valence-electron chi connectivity index (χ0n) is 20.7. The van der Waals surface area contributed by atoms with Crippen LogP contribution in [-0.4, -0.2) is 46.3 Å². The van der Waals surface area contributed by atoms with Crippen LogP contribution in [0.4, 0.5) is 5.00 Å². The van der Waals surface area contributed by atoms with Crippen molar-refractivity contribution in [2.75, 3.05) is 19.0 Å². The van der Waals surface area contributed by atoms with E-state index in [0.29, 0.717) is 34.3 Å². The van der Waals surface area contributed by atoms with Gasteiger partial charge in [-0.05, 0) is 45.4 Å². The lowest BCUT2D eigenvalue weighted by Crippen LogP contribution is -2.15. The summed E-state index contributed by atoms with van der Waals surface area (Å²) >= 11 is 0.979. The number of pyridine rings is 1. The maximum atomic E-state index is 13.6. The summed E-state index contributed by atoms with van der Waals surface area (Å²) in [5.41, 5.74) is 3.90. The van der Waals surface area contributed by atoms with Crippen molar-refractivity contribution in [3.05, 3.63) is 63.8 Å². The van der Waals surface area contributed by atoms with Crippen molar-refractivity contribution < 1.29 is 23.9 Å². The number of methoxy groups -OCH3 is 1. The summed E-state index contributed by atoms with van der Waals surface area (Å²) in [6, 6.07) is 9.05. The number of amides is 1. The lowest BCUT2D eigenvalue weighted by molar-refractivity contribution is 0.0531. The second-order valence-corrected chi connectivity index (χ2v) is 8.98. The monoisotopic (exact) mass is 506 g/mol. The van der Waals surface area contributed by atoms with Gasteiger partial charge in [0, 0.05) is 23.2 Å². The first-order chi connectivity index (χ1) is 17.3. The number of para-hydroxylation sites is 1. The van der Waals surface area contributed by atoms with Crippen LogP contribution in [0.2, 0.25) is 0 Å². The molecule has 186 valence electrons. The molecule has 4 aromatic rings. The highest BCUT2D eigenvalue weighted by atomic mass is 32.1. The molecule has 3 aromatic heterocycles. The van der Waals surface area contributed by atoms with E-state index in [2.05, 4.69) is 10.4 Å². The van der Waals surface area contributed by atoms with Gasteiger partial charge in [0.2, 0.25) is 0 Å². The van der Waals surface area contributed by atoms with Crippen LogP contribution < -0.4 is 5.32 Å². The first-order valence-corrected chi connectivity index (χ1v) is 12.2. The van der Waals surface area contributed by atoms with Gasteiger partial charge in [0.1, 0.15) is 9.88 Å². The SMILES string of the molecule is CCOC(=O)c1sc(NC(=O)c2cc(-c3cnn(CC)c3C)nc3ccccc23)c(C(=O)OC)c1C. The number of ether oxygens (including phenoxy) is 2. The number of fused-ring (bicyclic) bond motifs is 1. The standard InChI is InChI=1S/C26H26N4O5S/c1-6-30-15(4)18(13-27-30)20-12-17(16-10-8-9-11-19(16)28-20)23(31)29-24-21(25(32)34-5)14(3)22(36-24)26(33)35-7-2/h8-13H,6-7H2,1-5H3,(H,29,31). The van der Waals surface area contributed by atoms with Crippen molar-refractivity contribution >= 4 is 45.1 Å². The molecule has 4 rings (SSSR count). The number of carbonyl (C=O) groups excluding carboxylic acids is 3. The molecule has 1 aromatic carbocycles. The van der Waals surface area contributed by atoms with E-state index >= 15 is 0 Å². The Morgan fingerprint density at radius 1 is 1.11 bits per heavy atom. The number of esters is 2. The van der Waals surface area contributed by atoms with E-state index in [1.807, 2.05) is 42.8 Å². The predicted octanol–water partition coefficient (Wildman–Crippen LogP) is 5.01. The number of anilines is 1. The van der Waals surface area contributed by atoms with E-state index in [1.54, 1.807) is 26.1 Å². The van der Waals surface area contributed by atoms with Crippen LogP contribution in [0.3, 0.4) is 0 Å². The second kappa shape index (κ2) is 10.3. The van der Waals surface area contributed by atoms with E-state index in [1.165, 1.54) is 7.11 Å². The van der Waals surface area contributed by atoms with Crippen LogP contribution >= 0.6 is 11.3 Å². The maximum absolute atomic E-state index is 13.6. The van der Waals surface area contributed by atoms with Gasteiger partial charge in [0.15, 0.2) is 0 Å². The van der Waals surface area contributed by atoms with Gasteiger partial charge in [0.05, 0.1) is 42.3 Å². The molecule has 0 radical (unpaired) electrons. The Balaban J connectivity index is 1.82. The van der Waals surface area contributed by atoms with Gasteiger partial charge in [-0.3, -0.25) is 9.48 Å². The highest BCUT2D eigenvalue weighted by Crippen LogP contribution is 2.35. The molecule has 0 aliphatic carbocycles. The highest BCUT2D eigenvalue weighted by Gasteiger charge is 2.28. The van der Waals surface area contributed by atoms with Crippen LogP contribution in [0.1, 0.15) is 55.5 Å². The van der Waals surface area contributed by atoms with E-state index < -0.39 is 17.8 Å². The van der Waals surface area contributed by atoms with Crippen molar-refractivity contribution in [3.63, 3.8) is 0 Å². The minimum absolute atomic E-state index is 0.123. The fourth-order valence-electron chi connectivity index (χ4n) is 4.03. The third-order valence-electron chi connectivity index (χ3n) is 5.86. The van der Waals surface area contributed by atoms with E-state index in [4.69, 9.17) is 14.5 Å². The highest BCUT2D eigenvalue weighted by molar-refractivity contribution is 7.18. The molecule has 0 aliphatic heterocycles. The summed E-state index contributed by atoms with van der Waals surface area (Å²) in [7, 11) is 1.25. The molecule has 0 aliphatic rings. The van der Waals surface area contributed by atoms with Crippen LogP contribution in [-0.2, 0) is 16.0 Å². The molecule has 10 heteroatoms. The van der Waals surface area contributed by atoms with Gasteiger partial charge in [0.25, 0.3) is 5.91 Å². The summed E-state index contributed by atoms with van der Waals surface area (Å²) in [4.78, 5) is 43.6. The predicted molar refractivity (Wildman–Crippen MR) is 138 cm³/mol. The number of carbonyl (C=O) groups is 3. The van der Waals surface area contributed by atoms with Crippen LogP contribution in [0.25, 0.3) is 22.2 Å². The molecule has 3 heterocycles. The summed E-state index contributed by atoms with van der Waals surface area (Å²) in [5, 5.41) is 8.09. The molecule has 0 saturated heterocycles. The molecule has 0 spiro atoms. The molecule has 0 bridgehead atoms. The first-order valence-electron chi connectivity index (χ1n) is 11.4. The molecule has 0 saturated carbocycles. The molecular weight excluding hydrogens is 480 g/mol. The van der Waals surface area contributed by atoms with E-state index in [9.17, 15) is 14.4 Å². The zero-order valence-corrected chi connectivity index (χ0v) is 21.5. The number of aryl methyl sites for hydroxylation is 1. The molecule has 0 atom stereocenters. The van der Waals surface area contributed by atoms with E-state index in [-0.39, 0.29) is 22.0 Å². The van der Waals surface area contributed by atoms with Crippen molar-refractivity contribution in [1.82, 2.24) is 14.8 Å². The summed E-state index contributed by atoms with van der Waals surface area (Å²) in [6.07, 6.45) is 1.74. The number of thiophene rings is 1. The summed E-state index contributed by atoms with van der Waals surface area (Å²) in [5.74, 6) is -1.67. The Bertz CT molecular complexity index is 1490. The minimum Gasteiger partial charge on any atom is -0.465 e. The van der Waals surface area contributed by atoms with Gasteiger partial charge in [-0.1, -0.05) is 18.2 Å². The molecule has 36 heavy (non-hydrogen) atoms. The number of nitrogens with zero attached hydrogens (tertiary/aromatic N) is 3. The average Bonchev–Trinajstić information content (AvgIpc) is 3.41. The summed E-state index contributed by atoms with van der Waals surface area (Å²) < 4.78 is 11.9. The van der Waals surface area contributed by atoms with Crippen LogP contribution in [0, 0.1) is 13.8 Å². The maximum Gasteiger partial charge on any atom is 0.348 e. The third kappa shape index (κ3) is 4.47. The quantitative estimate of drug-likeness (QED) is 0.351. The van der Waals surface area contributed by atoms with Gasteiger partial charge in [-0.15, -0.1) is 11.3 Å². The Labute approximate surface area is 212 Å². The number of aromatic nitrogens is 3. The Kier molecular flexibility index (Phi) is 7.16. The number of benzene rings is 1. The first kappa shape index (κ1) is 25.1. The van der Waals surface area contributed by atoms with Gasteiger partial charge in [-0.2, -0.15) is 5.10 Å². The van der Waals surface area contributed by atoms with E-state index in [0.717, 1.165) is 22.6 Å². The third-order valence-corrected chi connectivity index (χ3v) is 7.05. The van der Waals surface area contributed by atoms with Gasteiger partial charge < -0.3 is 14.8 Å². The Morgan fingerprint density at radius 3 is 2.53 bits per heavy atom. The topological polar surface area (TPSA) is 112 Å². The molecule has 9 nitrogen and oxygen atoms in total. The smallest absolute Gasteiger partial charge is 0.348 e. The van der Waals surface area contributed by atoms with Gasteiger partial charge in [-0.25, -0.2) is 14.6 Å². The number of hydrogen-bond acceptors (Lipinski definition) is 8. The Hall–Kier alpha value is -4.05. The lowest BCUT2D eigenvalue weighted by Gasteiger charge is -2.11. The number of rotatable bonds is 7. The van der Waals surface area contributed by atoms with Crippen LogP contribution in [0.15, 0.2) is 36.5 Å². The van der Waals surface area contributed by atoms with Crippen molar-refractivity contribution in [2.45, 2.75) is 34.2 Å². The van der Waals surface area contributed by atoms with Crippen molar-refractivity contribution in [1.29, 1.82) is 0 Å². The molecule has 1 amide bonds. The number of nitrogens with one attached hydrogen (secondary N) is 1. The Morgan fingerprint density at radius 2 is 1.86 bits per heavy atom. The molecular formula is C26H26N4O5S. The number of hydrogen-bond donors (Lipinski definition) is 1. The molecule has 0 fully saturated rings. The minimum atomic E-state index is -0.655. The molecule has 1 N–H and O–H groups in total. The fourth-order valence-corrected chi connectivity index (χ4v) is 5.11. The molecule has 0 unspecified atom stereocenters. The van der Waals surface area contributed by atoms with Crippen molar-refractivity contribution in [3.8, 4) is 11.3 Å². The fraction of sp³-hybridized carbons (Fsp3) is 0.269. The van der Waals surface area contributed by atoms with Crippen molar-refractivity contribution in [2.24, 2.45) is 0 Å². The average molecular weight is 507 g/mol. The van der Waals surface area contributed by atoms with Gasteiger partial charge >= 0.3 is 11.9 Å². The zero-order chi connectivity index (χ0) is 26.0. The van der Waals surface area contributed by atoms with Crippen LogP contribution in [0.5, 0.6) is 0 Å². The summed E-state index contributed by atoms with van der Waals surface area (Å²) in [6.45, 7) is 8.18.